The number of nitrogens with zero attached hydrogens (tertiary/aromatic N) is 1. The predicted octanol–water partition coefficient (Wildman–Crippen LogP) is 4.55. The van der Waals surface area contributed by atoms with Gasteiger partial charge < -0.3 is 0 Å². The summed E-state index contributed by atoms with van der Waals surface area (Å²) >= 11 is 5.83. The molecule has 2 heterocycles. The maximum absolute atomic E-state index is 14.1. The number of rotatable bonds is 3. The largest absolute Gasteiger partial charge is 0.284 e. The van der Waals surface area contributed by atoms with Crippen molar-refractivity contribution < 1.29 is 4.39 Å². The second-order valence-electron chi connectivity index (χ2n) is 5.69. The molecule has 23 heavy (non-hydrogen) atoms. The average Bonchev–Trinajstić information content (AvgIpc) is 2.55. The first-order valence-corrected chi connectivity index (χ1v) is 7.95. The van der Waals surface area contributed by atoms with Gasteiger partial charge in [0.1, 0.15) is 5.82 Å². The second kappa shape index (κ2) is 6.17. The Kier molecular flexibility index (Phi) is 4.22. The second-order valence-corrected chi connectivity index (χ2v) is 6.10. The summed E-state index contributed by atoms with van der Waals surface area (Å²) in [4.78, 5) is 12.4. The lowest BCUT2D eigenvalue weighted by atomic mass is 10.0. The van der Waals surface area contributed by atoms with E-state index in [4.69, 9.17) is 11.6 Å². The van der Waals surface area contributed by atoms with Crippen LogP contribution in [0.25, 0.3) is 5.52 Å². The third-order valence-corrected chi connectivity index (χ3v) is 4.38. The minimum Gasteiger partial charge on any atom is -0.284 e. The minimum absolute atomic E-state index is 0.0365. The predicted molar refractivity (Wildman–Crippen MR) is 92.0 cm³/mol. The Bertz CT molecular complexity index is 946. The van der Waals surface area contributed by atoms with Crippen LogP contribution in [0.5, 0.6) is 0 Å². The third kappa shape index (κ3) is 2.89. The van der Waals surface area contributed by atoms with E-state index in [-0.39, 0.29) is 10.6 Å². The van der Waals surface area contributed by atoms with E-state index < -0.39 is 5.82 Å². The average molecular weight is 330 g/mol. The van der Waals surface area contributed by atoms with Gasteiger partial charge >= 0.3 is 0 Å². The molecule has 0 aliphatic carbocycles. The number of fused-ring (bicyclic) bond motifs is 1. The minimum atomic E-state index is -0.403. The SMILES string of the molecule is CCc1cc(C)c(=O)n2cc(Cc3cccc(Cl)c3F)ccc12. The molecule has 0 fully saturated rings. The van der Waals surface area contributed by atoms with Gasteiger partial charge in [0, 0.05) is 18.2 Å². The molecule has 0 unspecified atom stereocenters. The zero-order valence-electron chi connectivity index (χ0n) is 13.1. The number of pyridine rings is 2. The van der Waals surface area contributed by atoms with Gasteiger partial charge in [-0.3, -0.25) is 9.20 Å². The van der Waals surface area contributed by atoms with E-state index in [0.29, 0.717) is 17.5 Å². The lowest BCUT2D eigenvalue weighted by Crippen LogP contribution is -2.18. The highest BCUT2D eigenvalue weighted by molar-refractivity contribution is 6.30. The maximum Gasteiger partial charge on any atom is 0.258 e. The molecule has 3 rings (SSSR count). The van der Waals surface area contributed by atoms with E-state index >= 15 is 0 Å². The number of halogens is 2. The quantitative estimate of drug-likeness (QED) is 0.690. The summed E-state index contributed by atoms with van der Waals surface area (Å²) in [5.41, 5.74) is 4.10. The van der Waals surface area contributed by atoms with Gasteiger partial charge in [-0.05, 0) is 48.2 Å². The van der Waals surface area contributed by atoms with E-state index in [2.05, 4.69) is 6.92 Å². The topological polar surface area (TPSA) is 21.5 Å². The molecule has 3 aromatic rings. The summed E-state index contributed by atoms with van der Waals surface area (Å²) in [5, 5.41) is 0.115. The lowest BCUT2D eigenvalue weighted by Gasteiger charge is -2.11. The van der Waals surface area contributed by atoms with Gasteiger partial charge in [0.2, 0.25) is 0 Å². The summed E-state index contributed by atoms with van der Waals surface area (Å²) in [6.45, 7) is 3.88. The lowest BCUT2D eigenvalue weighted by molar-refractivity contribution is 0.614. The molecule has 0 amide bonds. The Morgan fingerprint density at radius 3 is 2.70 bits per heavy atom. The Morgan fingerprint density at radius 1 is 1.17 bits per heavy atom. The third-order valence-electron chi connectivity index (χ3n) is 4.09. The van der Waals surface area contributed by atoms with Crippen LogP contribution in [-0.2, 0) is 12.8 Å². The molecule has 0 aliphatic heterocycles. The Labute approximate surface area is 139 Å². The van der Waals surface area contributed by atoms with Crippen molar-refractivity contribution in [2.24, 2.45) is 0 Å². The standard InChI is InChI=1S/C19H17ClFNO/c1-3-14-9-12(2)19(23)22-11-13(7-8-17(14)22)10-15-5-4-6-16(20)18(15)21/h4-9,11H,3,10H2,1-2H3. The fourth-order valence-corrected chi connectivity index (χ4v) is 3.05. The summed E-state index contributed by atoms with van der Waals surface area (Å²) in [6, 6.07) is 10.8. The van der Waals surface area contributed by atoms with Crippen LogP contribution in [0.15, 0.2) is 47.4 Å². The van der Waals surface area contributed by atoms with E-state index in [0.717, 1.165) is 23.1 Å². The van der Waals surface area contributed by atoms with Gasteiger partial charge in [-0.25, -0.2) is 4.39 Å². The van der Waals surface area contributed by atoms with Crippen LogP contribution >= 0.6 is 11.6 Å². The van der Waals surface area contributed by atoms with Gasteiger partial charge in [0.15, 0.2) is 0 Å². The molecule has 4 heteroatoms. The zero-order valence-corrected chi connectivity index (χ0v) is 13.8. The smallest absolute Gasteiger partial charge is 0.258 e. The van der Waals surface area contributed by atoms with Crippen LogP contribution in [0.2, 0.25) is 5.02 Å². The van der Waals surface area contributed by atoms with E-state index in [1.54, 1.807) is 22.7 Å². The molecule has 2 nitrogen and oxygen atoms in total. The number of hydrogen-bond acceptors (Lipinski definition) is 1. The number of benzene rings is 1. The molecule has 0 radical (unpaired) electrons. The molecule has 2 aromatic heterocycles. The van der Waals surface area contributed by atoms with Crippen LogP contribution in [-0.4, -0.2) is 4.40 Å². The molecule has 0 saturated carbocycles. The van der Waals surface area contributed by atoms with Crippen molar-refractivity contribution in [3.63, 3.8) is 0 Å². The first-order valence-electron chi connectivity index (χ1n) is 7.58. The van der Waals surface area contributed by atoms with E-state index in [9.17, 15) is 9.18 Å². The van der Waals surface area contributed by atoms with Crippen molar-refractivity contribution in [1.29, 1.82) is 0 Å². The van der Waals surface area contributed by atoms with Gasteiger partial charge in [-0.1, -0.05) is 36.7 Å². The molecule has 0 bridgehead atoms. The van der Waals surface area contributed by atoms with Crippen molar-refractivity contribution >= 4 is 17.1 Å². The number of aryl methyl sites for hydroxylation is 2. The van der Waals surface area contributed by atoms with Crippen molar-refractivity contribution in [3.05, 3.63) is 86.0 Å². The van der Waals surface area contributed by atoms with Gasteiger partial charge in [-0.15, -0.1) is 0 Å². The fraction of sp³-hybridized carbons (Fsp3) is 0.211. The van der Waals surface area contributed by atoms with Crippen LogP contribution in [0.4, 0.5) is 4.39 Å². The molecule has 0 saturated heterocycles. The molecule has 118 valence electrons. The van der Waals surface area contributed by atoms with Crippen molar-refractivity contribution in [1.82, 2.24) is 4.40 Å². The Morgan fingerprint density at radius 2 is 1.96 bits per heavy atom. The zero-order chi connectivity index (χ0) is 16.6. The molecule has 0 aliphatic rings. The number of hydrogen-bond donors (Lipinski definition) is 0. The molecule has 0 N–H and O–H groups in total. The fourth-order valence-electron chi connectivity index (χ4n) is 2.85. The number of aromatic nitrogens is 1. The highest BCUT2D eigenvalue weighted by atomic mass is 35.5. The summed E-state index contributed by atoms with van der Waals surface area (Å²) < 4.78 is 15.7. The van der Waals surface area contributed by atoms with Gasteiger partial charge in [-0.2, -0.15) is 0 Å². The monoisotopic (exact) mass is 329 g/mol. The normalized spacial score (nSPS) is 11.1. The molecule has 1 aromatic carbocycles. The Hall–Kier alpha value is -2.13. The highest BCUT2D eigenvalue weighted by Gasteiger charge is 2.10. The van der Waals surface area contributed by atoms with Crippen LogP contribution in [0, 0.1) is 12.7 Å². The van der Waals surface area contributed by atoms with Crippen molar-refractivity contribution in [3.8, 4) is 0 Å². The van der Waals surface area contributed by atoms with Crippen LogP contribution < -0.4 is 5.56 Å². The summed E-state index contributed by atoms with van der Waals surface area (Å²) in [6.07, 6.45) is 3.04. The van der Waals surface area contributed by atoms with Crippen molar-refractivity contribution in [2.45, 2.75) is 26.7 Å². The van der Waals surface area contributed by atoms with Crippen LogP contribution in [0.3, 0.4) is 0 Å². The first-order chi connectivity index (χ1) is 11.0. The van der Waals surface area contributed by atoms with Gasteiger partial charge in [0.05, 0.1) is 10.5 Å². The Balaban J connectivity index is 2.12. The molecular formula is C19H17ClFNO. The first kappa shape index (κ1) is 15.8. The molecule has 0 spiro atoms. The van der Waals surface area contributed by atoms with Gasteiger partial charge in [0.25, 0.3) is 5.56 Å². The molecule has 0 atom stereocenters. The van der Waals surface area contributed by atoms with Crippen LogP contribution in [0.1, 0.15) is 29.2 Å². The summed E-state index contributed by atoms with van der Waals surface area (Å²) in [5.74, 6) is -0.403. The molecular weight excluding hydrogens is 313 g/mol. The van der Waals surface area contributed by atoms with E-state index in [1.807, 2.05) is 25.1 Å². The highest BCUT2D eigenvalue weighted by Crippen LogP contribution is 2.21. The summed E-state index contributed by atoms with van der Waals surface area (Å²) in [7, 11) is 0. The maximum atomic E-state index is 14.1. The van der Waals surface area contributed by atoms with Crippen molar-refractivity contribution in [2.75, 3.05) is 0 Å². The van der Waals surface area contributed by atoms with E-state index in [1.165, 1.54) is 6.07 Å².